The maximum atomic E-state index is 12.9. The Labute approximate surface area is 267 Å². The summed E-state index contributed by atoms with van der Waals surface area (Å²) in [5.41, 5.74) is 5.92. The molecule has 0 spiro atoms. The molecule has 44 heavy (non-hydrogen) atoms. The molecule has 5 rings (SSSR count). The molecule has 0 bridgehead atoms. The van der Waals surface area contributed by atoms with Crippen LogP contribution in [0.2, 0.25) is 0 Å². The van der Waals surface area contributed by atoms with Gasteiger partial charge in [-0.3, -0.25) is 14.6 Å². The molecule has 0 saturated carbocycles. The van der Waals surface area contributed by atoms with Gasteiger partial charge in [0, 0.05) is 44.0 Å². The molecule has 1 fully saturated rings. The predicted molar refractivity (Wildman–Crippen MR) is 180 cm³/mol. The molecule has 1 amide bonds. The Morgan fingerprint density at radius 2 is 1.57 bits per heavy atom. The number of carbonyl (C=O) groups excluding carboxylic acids is 1. The number of nitrogens with zero attached hydrogens (tertiary/aromatic N) is 3. The minimum atomic E-state index is -0.0988. The average Bonchev–Trinajstić information content (AvgIpc) is 3.51. The van der Waals surface area contributed by atoms with Crippen LogP contribution in [0.5, 0.6) is 0 Å². The van der Waals surface area contributed by atoms with Crippen molar-refractivity contribution < 1.29 is 9.53 Å². The highest BCUT2D eigenvalue weighted by Crippen LogP contribution is 2.29. The zero-order valence-electron chi connectivity index (χ0n) is 26.4. The minimum Gasteiger partial charge on any atom is -0.379 e. The van der Waals surface area contributed by atoms with Crippen LogP contribution in [0.4, 0.5) is 0 Å². The number of benzene rings is 3. The number of nitrogens with one attached hydrogen (secondary N) is 1. The standard InChI is InChI=1S/C37H46N4O2S/c1-37(2,3)32-16-14-29(15-17-32)26-41(20-18-33(30-10-6-4-7-11-30)31-12-8-5-9-13-31)27-35-39-34(28-44-35)36(42)38-19-21-40-22-24-43-25-23-40/h4-17,28,33H,18-27H2,1-3H3,(H,38,42). The number of hydrogen-bond acceptors (Lipinski definition) is 6. The predicted octanol–water partition coefficient (Wildman–Crippen LogP) is 6.73. The topological polar surface area (TPSA) is 57.7 Å². The lowest BCUT2D eigenvalue weighted by Crippen LogP contribution is -2.41. The van der Waals surface area contributed by atoms with Gasteiger partial charge in [-0.25, -0.2) is 4.98 Å². The van der Waals surface area contributed by atoms with Crippen molar-refractivity contribution in [2.75, 3.05) is 45.9 Å². The first-order chi connectivity index (χ1) is 21.3. The first kappa shape index (κ1) is 32.0. The highest BCUT2D eigenvalue weighted by Gasteiger charge is 2.20. The van der Waals surface area contributed by atoms with E-state index in [1.54, 1.807) is 11.3 Å². The SMILES string of the molecule is CC(C)(C)c1ccc(CN(CCC(c2ccccc2)c2ccccc2)Cc2nc(C(=O)NCCN3CCOCC3)cs2)cc1. The maximum absolute atomic E-state index is 12.9. The molecule has 232 valence electrons. The van der Waals surface area contributed by atoms with E-state index in [4.69, 9.17) is 9.72 Å². The molecule has 1 aromatic heterocycles. The van der Waals surface area contributed by atoms with Crippen LogP contribution < -0.4 is 5.32 Å². The molecule has 1 aliphatic rings. The Kier molecular flexibility index (Phi) is 11.3. The van der Waals surface area contributed by atoms with Gasteiger partial charge in [0.05, 0.1) is 19.8 Å². The fourth-order valence-electron chi connectivity index (χ4n) is 5.71. The lowest BCUT2D eigenvalue weighted by atomic mass is 9.86. The van der Waals surface area contributed by atoms with Crippen molar-refractivity contribution in [3.8, 4) is 0 Å². The van der Waals surface area contributed by atoms with Gasteiger partial charge in [-0.05, 0) is 40.6 Å². The van der Waals surface area contributed by atoms with Crippen LogP contribution in [0.15, 0.2) is 90.3 Å². The zero-order valence-corrected chi connectivity index (χ0v) is 27.2. The van der Waals surface area contributed by atoms with Crippen molar-refractivity contribution >= 4 is 17.2 Å². The highest BCUT2D eigenvalue weighted by molar-refractivity contribution is 7.09. The van der Waals surface area contributed by atoms with Crippen molar-refractivity contribution in [1.29, 1.82) is 0 Å². The van der Waals surface area contributed by atoms with E-state index < -0.39 is 0 Å². The van der Waals surface area contributed by atoms with Gasteiger partial charge in [0.15, 0.2) is 0 Å². The van der Waals surface area contributed by atoms with Gasteiger partial charge in [-0.2, -0.15) is 0 Å². The van der Waals surface area contributed by atoms with E-state index in [0.29, 0.717) is 24.7 Å². The van der Waals surface area contributed by atoms with Crippen LogP contribution in [0.25, 0.3) is 0 Å². The summed E-state index contributed by atoms with van der Waals surface area (Å²) in [4.78, 5) is 22.5. The lowest BCUT2D eigenvalue weighted by Gasteiger charge is -2.26. The molecule has 1 aliphatic heterocycles. The quantitative estimate of drug-likeness (QED) is 0.182. The van der Waals surface area contributed by atoms with Gasteiger partial charge < -0.3 is 10.1 Å². The monoisotopic (exact) mass is 610 g/mol. The molecule has 1 N–H and O–H groups in total. The summed E-state index contributed by atoms with van der Waals surface area (Å²) in [7, 11) is 0. The van der Waals surface area contributed by atoms with E-state index >= 15 is 0 Å². The zero-order chi connectivity index (χ0) is 30.8. The smallest absolute Gasteiger partial charge is 0.270 e. The fourth-order valence-corrected chi connectivity index (χ4v) is 6.53. The summed E-state index contributed by atoms with van der Waals surface area (Å²) in [6, 6.07) is 30.6. The van der Waals surface area contributed by atoms with Crippen LogP contribution in [0, 0.1) is 0 Å². The third-order valence-electron chi connectivity index (χ3n) is 8.32. The molecule has 4 aromatic rings. The van der Waals surface area contributed by atoms with E-state index in [1.807, 2.05) is 5.38 Å². The van der Waals surface area contributed by atoms with Crippen LogP contribution in [-0.2, 0) is 23.2 Å². The van der Waals surface area contributed by atoms with Crippen LogP contribution >= 0.6 is 11.3 Å². The van der Waals surface area contributed by atoms with Gasteiger partial charge in [-0.1, -0.05) is 106 Å². The summed E-state index contributed by atoms with van der Waals surface area (Å²) in [6.45, 7) is 14.0. The summed E-state index contributed by atoms with van der Waals surface area (Å²) < 4.78 is 5.42. The number of ether oxygens (including phenoxy) is 1. The van der Waals surface area contributed by atoms with E-state index in [-0.39, 0.29) is 11.3 Å². The van der Waals surface area contributed by atoms with Gasteiger partial charge in [-0.15, -0.1) is 11.3 Å². The largest absolute Gasteiger partial charge is 0.379 e. The Hall–Kier alpha value is -3.36. The normalized spacial score (nSPS) is 14.3. The lowest BCUT2D eigenvalue weighted by molar-refractivity contribution is 0.0383. The molecule has 3 aromatic carbocycles. The number of rotatable bonds is 13. The third kappa shape index (κ3) is 9.32. The van der Waals surface area contributed by atoms with E-state index in [0.717, 1.165) is 57.4 Å². The number of amides is 1. The van der Waals surface area contributed by atoms with E-state index in [2.05, 4.69) is 121 Å². The molecule has 0 aliphatic carbocycles. The molecule has 0 atom stereocenters. The molecule has 2 heterocycles. The molecule has 0 unspecified atom stereocenters. The number of aromatic nitrogens is 1. The number of carbonyl (C=O) groups is 1. The minimum absolute atomic E-state index is 0.0988. The van der Waals surface area contributed by atoms with Crippen molar-refractivity contribution in [1.82, 2.24) is 20.1 Å². The maximum Gasteiger partial charge on any atom is 0.270 e. The fraction of sp³-hybridized carbons (Fsp3) is 0.405. The van der Waals surface area contributed by atoms with Crippen LogP contribution in [0.1, 0.15) is 70.9 Å². The molecular formula is C37H46N4O2S. The van der Waals surface area contributed by atoms with Gasteiger partial charge in [0.2, 0.25) is 0 Å². The molecule has 1 saturated heterocycles. The van der Waals surface area contributed by atoms with Gasteiger partial charge in [0.1, 0.15) is 10.7 Å². The second-order valence-electron chi connectivity index (χ2n) is 12.7. The number of hydrogen-bond donors (Lipinski definition) is 1. The summed E-state index contributed by atoms with van der Waals surface area (Å²) in [6.07, 6.45) is 0.981. The molecular weight excluding hydrogens is 565 g/mol. The van der Waals surface area contributed by atoms with Crippen LogP contribution in [0.3, 0.4) is 0 Å². The average molecular weight is 611 g/mol. The van der Waals surface area contributed by atoms with Crippen LogP contribution in [-0.4, -0.2) is 66.6 Å². The number of thiazole rings is 1. The second kappa shape index (κ2) is 15.6. The van der Waals surface area contributed by atoms with Gasteiger partial charge in [0.25, 0.3) is 5.91 Å². The number of morpholine rings is 1. The Morgan fingerprint density at radius 1 is 0.932 bits per heavy atom. The summed E-state index contributed by atoms with van der Waals surface area (Å²) in [5, 5.41) is 5.91. The van der Waals surface area contributed by atoms with E-state index in [9.17, 15) is 4.79 Å². The van der Waals surface area contributed by atoms with Crippen molar-refractivity contribution in [3.05, 3.63) is 123 Å². The van der Waals surface area contributed by atoms with E-state index in [1.165, 1.54) is 22.3 Å². The highest BCUT2D eigenvalue weighted by atomic mass is 32.1. The molecule has 0 radical (unpaired) electrons. The Morgan fingerprint density at radius 3 is 2.18 bits per heavy atom. The molecule has 7 heteroatoms. The van der Waals surface area contributed by atoms with Crippen molar-refractivity contribution in [3.63, 3.8) is 0 Å². The summed E-state index contributed by atoms with van der Waals surface area (Å²) >= 11 is 1.57. The Bertz CT molecular complexity index is 1390. The second-order valence-corrected chi connectivity index (χ2v) is 13.6. The van der Waals surface area contributed by atoms with Crippen molar-refractivity contribution in [2.45, 2.75) is 51.6 Å². The van der Waals surface area contributed by atoms with Gasteiger partial charge >= 0.3 is 0 Å². The Balaban J connectivity index is 1.28. The first-order valence-corrected chi connectivity index (χ1v) is 16.7. The third-order valence-corrected chi connectivity index (χ3v) is 9.16. The summed E-state index contributed by atoms with van der Waals surface area (Å²) in [5.74, 6) is 0.200. The molecule has 6 nitrogen and oxygen atoms in total. The first-order valence-electron chi connectivity index (χ1n) is 15.8. The van der Waals surface area contributed by atoms with Crippen molar-refractivity contribution in [2.24, 2.45) is 0 Å².